The van der Waals surface area contributed by atoms with E-state index in [1.807, 2.05) is 12.1 Å². The molecule has 0 saturated heterocycles. The Kier molecular flexibility index (Phi) is 6.36. The molecule has 1 aromatic rings. The van der Waals surface area contributed by atoms with Gasteiger partial charge in [0, 0.05) is 24.0 Å². The van der Waals surface area contributed by atoms with E-state index in [2.05, 4.69) is 25.7 Å². The number of rotatable bonds is 7. The second-order valence-corrected chi connectivity index (χ2v) is 5.26. The zero-order valence-corrected chi connectivity index (χ0v) is 13.0. The minimum absolute atomic E-state index is 0.376. The van der Waals surface area contributed by atoms with Crippen LogP contribution in [0, 0.1) is 0 Å². The second kappa shape index (κ2) is 7.78. The lowest BCUT2D eigenvalue weighted by Crippen LogP contribution is -2.32. The van der Waals surface area contributed by atoms with Crippen LogP contribution < -0.4 is 10.6 Å². The summed E-state index contributed by atoms with van der Waals surface area (Å²) in [5.41, 5.74) is 7.76. The molecular weight excluding hydrogens is 252 g/mol. The summed E-state index contributed by atoms with van der Waals surface area (Å²) >= 11 is 0. The number of hydrogen-bond donors (Lipinski definition) is 1. The summed E-state index contributed by atoms with van der Waals surface area (Å²) in [5.74, 6) is -0.387. The number of esters is 1. The maximum absolute atomic E-state index is 11.7. The number of nitrogens with two attached hydrogens (primary N) is 1. The molecule has 0 aliphatic carbocycles. The summed E-state index contributed by atoms with van der Waals surface area (Å²) in [6.07, 6.45) is 3.55. The summed E-state index contributed by atoms with van der Waals surface area (Å²) < 4.78 is 4.77. The van der Waals surface area contributed by atoms with Crippen LogP contribution in [0.15, 0.2) is 18.2 Å². The molecule has 0 atom stereocenters. The second-order valence-electron chi connectivity index (χ2n) is 5.26. The number of carbonyl (C=O) groups is 1. The number of anilines is 2. The Hall–Kier alpha value is -1.71. The van der Waals surface area contributed by atoms with Crippen molar-refractivity contribution in [3.63, 3.8) is 0 Å². The third kappa shape index (κ3) is 4.15. The molecule has 0 spiro atoms. The van der Waals surface area contributed by atoms with Gasteiger partial charge in [-0.15, -0.1) is 0 Å². The van der Waals surface area contributed by atoms with Crippen LogP contribution in [0.4, 0.5) is 11.4 Å². The first kappa shape index (κ1) is 16.3. The van der Waals surface area contributed by atoms with Crippen LogP contribution in [0.25, 0.3) is 0 Å². The summed E-state index contributed by atoms with van der Waals surface area (Å²) in [6.45, 7) is 7.48. The molecule has 20 heavy (non-hydrogen) atoms. The minimum Gasteiger partial charge on any atom is -0.465 e. The molecule has 0 heterocycles. The van der Waals surface area contributed by atoms with Gasteiger partial charge >= 0.3 is 5.97 Å². The van der Waals surface area contributed by atoms with E-state index in [1.54, 1.807) is 6.07 Å². The number of unbranched alkanes of at least 4 members (excludes halogenated alkanes) is 2. The predicted octanol–water partition coefficient (Wildman–Crippen LogP) is 3.46. The van der Waals surface area contributed by atoms with E-state index in [9.17, 15) is 4.79 Å². The Morgan fingerprint density at radius 2 is 2.05 bits per heavy atom. The van der Waals surface area contributed by atoms with E-state index in [0.717, 1.165) is 18.7 Å². The van der Waals surface area contributed by atoms with Gasteiger partial charge in [0.1, 0.15) is 0 Å². The summed E-state index contributed by atoms with van der Waals surface area (Å²) in [5, 5.41) is 0. The largest absolute Gasteiger partial charge is 0.465 e. The third-order valence-electron chi connectivity index (χ3n) is 3.40. The van der Waals surface area contributed by atoms with Gasteiger partial charge in [0.2, 0.25) is 0 Å². The summed E-state index contributed by atoms with van der Waals surface area (Å²) in [7, 11) is 1.37. The zero-order chi connectivity index (χ0) is 15.1. The van der Waals surface area contributed by atoms with Crippen molar-refractivity contribution in [1.29, 1.82) is 0 Å². The molecule has 0 aromatic heterocycles. The van der Waals surface area contributed by atoms with Crippen molar-refractivity contribution < 1.29 is 9.53 Å². The van der Waals surface area contributed by atoms with Gasteiger partial charge in [-0.3, -0.25) is 0 Å². The SMILES string of the molecule is CCCCCN(c1ccc(N)c(C(=O)OC)c1)C(C)C. The number of nitrogens with zero attached hydrogens (tertiary/aromatic N) is 1. The zero-order valence-electron chi connectivity index (χ0n) is 13.0. The highest BCUT2D eigenvalue weighted by Gasteiger charge is 2.15. The molecule has 0 aliphatic rings. The van der Waals surface area contributed by atoms with Gasteiger partial charge < -0.3 is 15.4 Å². The highest BCUT2D eigenvalue weighted by Crippen LogP contribution is 2.24. The average Bonchev–Trinajstić information content (AvgIpc) is 2.43. The first-order valence-corrected chi connectivity index (χ1v) is 7.25. The first-order valence-electron chi connectivity index (χ1n) is 7.25. The summed E-state index contributed by atoms with van der Waals surface area (Å²) in [6, 6.07) is 5.94. The van der Waals surface area contributed by atoms with Gasteiger partial charge in [-0.2, -0.15) is 0 Å². The van der Waals surface area contributed by atoms with Gasteiger partial charge in [0.25, 0.3) is 0 Å². The van der Waals surface area contributed by atoms with E-state index in [4.69, 9.17) is 10.5 Å². The number of methoxy groups -OCH3 is 1. The fourth-order valence-corrected chi connectivity index (χ4v) is 2.23. The molecule has 0 amide bonds. The quantitative estimate of drug-likeness (QED) is 0.471. The lowest BCUT2D eigenvalue weighted by Gasteiger charge is -2.29. The van der Waals surface area contributed by atoms with Gasteiger partial charge in [-0.25, -0.2) is 4.79 Å². The molecule has 0 radical (unpaired) electrons. The number of nitrogen functional groups attached to an aromatic ring is 1. The van der Waals surface area contributed by atoms with Crippen molar-refractivity contribution in [2.75, 3.05) is 24.3 Å². The summed E-state index contributed by atoms with van der Waals surface area (Å²) in [4.78, 5) is 14.0. The number of hydrogen-bond acceptors (Lipinski definition) is 4. The smallest absolute Gasteiger partial charge is 0.340 e. The first-order chi connectivity index (χ1) is 9.51. The standard InChI is InChI=1S/C16H26N2O2/c1-5-6-7-10-18(12(2)3)13-8-9-15(17)14(11-13)16(19)20-4/h8-9,11-12H,5-7,10,17H2,1-4H3. The molecular formula is C16H26N2O2. The monoisotopic (exact) mass is 278 g/mol. The Bertz CT molecular complexity index is 444. The maximum Gasteiger partial charge on any atom is 0.340 e. The Morgan fingerprint density at radius 1 is 1.35 bits per heavy atom. The lowest BCUT2D eigenvalue weighted by molar-refractivity contribution is 0.0602. The molecule has 4 nitrogen and oxygen atoms in total. The molecule has 1 rings (SSSR count). The highest BCUT2D eigenvalue weighted by atomic mass is 16.5. The number of benzene rings is 1. The van der Waals surface area contributed by atoms with E-state index in [-0.39, 0.29) is 5.97 Å². The van der Waals surface area contributed by atoms with Crippen molar-refractivity contribution >= 4 is 17.3 Å². The molecule has 0 fully saturated rings. The normalized spacial score (nSPS) is 10.7. The predicted molar refractivity (Wildman–Crippen MR) is 84.2 cm³/mol. The van der Waals surface area contributed by atoms with Crippen molar-refractivity contribution in [3.8, 4) is 0 Å². The fourth-order valence-electron chi connectivity index (χ4n) is 2.23. The van der Waals surface area contributed by atoms with E-state index in [1.165, 1.54) is 20.0 Å². The van der Waals surface area contributed by atoms with Crippen LogP contribution >= 0.6 is 0 Å². The van der Waals surface area contributed by atoms with Crippen molar-refractivity contribution in [2.45, 2.75) is 46.1 Å². The van der Waals surface area contributed by atoms with Crippen molar-refractivity contribution in [2.24, 2.45) is 0 Å². The van der Waals surface area contributed by atoms with Gasteiger partial charge in [0.15, 0.2) is 0 Å². The Morgan fingerprint density at radius 3 is 2.60 bits per heavy atom. The van der Waals surface area contributed by atoms with Crippen LogP contribution in [0.3, 0.4) is 0 Å². The number of carbonyl (C=O) groups excluding carboxylic acids is 1. The third-order valence-corrected chi connectivity index (χ3v) is 3.40. The van der Waals surface area contributed by atoms with E-state index >= 15 is 0 Å². The number of ether oxygens (including phenoxy) is 1. The molecule has 0 unspecified atom stereocenters. The van der Waals surface area contributed by atoms with Gasteiger partial charge in [0.05, 0.1) is 12.7 Å². The molecule has 4 heteroatoms. The Labute approximate surface area is 121 Å². The van der Waals surface area contributed by atoms with E-state index in [0.29, 0.717) is 17.3 Å². The fraction of sp³-hybridized carbons (Fsp3) is 0.562. The van der Waals surface area contributed by atoms with Crippen LogP contribution in [0.1, 0.15) is 50.4 Å². The van der Waals surface area contributed by atoms with Crippen LogP contribution in [-0.4, -0.2) is 25.7 Å². The van der Waals surface area contributed by atoms with Crippen LogP contribution in [0.2, 0.25) is 0 Å². The average molecular weight is 278 g/mol. The van der Waals surface area contributed by atoms with Crippen LogP contribution in [0.5, 0.6) is 0 Å². The molecule has 0 aliphatic heterocycles. The topological polar surface area (TPSA) is 55.6 Å². The maximum atomic E-state index is 11.7. The van der Waals surface area contributed by atoms with Crippen LogP contribution in [-0.2, 0) is 4.74 Å². The van der Waals surface area contributed by atoms with Gasteiger partial charge in [-0.05, 0) is 38.5 Å². The molecule has 0 saturated carbocycles. The van der Waals surface area contributed by atoms with Crippen molar-refractivity contribution in [1.82, 2.24) is 0 Å². The van der Waals surface area contributed by atoms with Crippen molar-refractivity contribution in [3.05, 3.63) is 23.8 Å². The van der Waals surface area contributed by atoms with Gasteiger partial charge in [-0.1, -0.05) is 19.8 Å². The highest BCUT2D eigenvalue weighted by molar-refractivity contribution is 5.96. The molecule has 2 N–H and O–H groups in total. The van der Waals surface area contributed by atoms with E-state index < -0.39 is 0 Å². The Balaban J connectivity index is 2.99. The molecule has 1 aromatic carbocycles. The molecule has 0 bridgehead atoms. The minimum atomic E-state index is -0.387. The molecule has 112 valence electrons. The lowest BCUT2D eigenvalue weighted by atomic mass is 10.1.